The van der Waals surface area contributed by atoms with Crippen molar-refractivity contribution in [2.24, 2.45) is 0 Å². The maximum atomic E-state index is 12.7. The van der Waals surface area contributed by atoms with Gasteiger partial charge in [-0.15, -0.1) is 0 Å². The van der Waals surface area contributed by atoms with Gasteiger partial charge in [-0.05, 0) is 38.1 Å². The summed E-state index contributed by atoms with van der Waals surface area (Å²) in [6, 6.07) is 7.05. The van der Waals surface area contributed by atoms with Gasteiger partial charge in [-0.25, -0.2) is 4.68 Å². The largest absolute Gasteiger partial charge is 0.470 e. The minimum atomic E-state index is -0.163. The average molecular weight is 467 g/mol. The number of rotatable bonds is 7. The summed E-state index contributed by atoms with van der Waals surface area (Å²) in [6.45, 7) is 5.47. The molecule has 0 aliphatic carbocycles. The number of hydrogen-bond donors (Lipinski definition) is 0. The first-order valence-corrected chi connectivity index (χ1v) is 9.94. The number of hydrogen-bond acceptors (Lipinski definition) is 4. The molecule has 2 heterocycles. The standard InChI is InChI=1S/C19H21BrClN5O2/c1-4-26-13(2)14(10-22-26)11-24(3)19(27)17-7-8-25(23-17)12-28-18-6-5-15(20)9-16(18)21/h5-10H,4,11-12H2,1-3H3. The SMILES string of the molecule is CCn1ncc(CN(C)C(=O)c2ccn(COc3ccc(Br)cc3Cl)n2)c1C. The fraction of sp³-hybridized carbons (Fsp3) is 0.316. The average Bonchev–Trinajstić information content (AvgIpc) is 3.27. The number of ether oxygens (including phenoxy) is 1. The lowest BCUT2D eigenvalue weighted by molar-refractivity contribution is 0.0777. The third-order valence-electron chi connectivity index (χ3n) is 4.36. The lowest BCUT2D eigenvalue weighted by Crippen LogP contribution is -2.27. The van der Waals surface area contributed by atoms with Gasteiger partial charge in [0.05, 0.1) is 11.2 Å². The summed E-state index contributed by atoms with van der Waals surface area (Å²) in [5.41, 5.74) is 2.44. The van der Waals surface area contributed by atoms with Crippen LogP contribution in [-0.4, -0.2) is 37.4 Å². The molecule has 2 aromatic heterocycles. The molecule has 0 spiro atoms. The Balaban J connectivity index is 1.62. The van der Waals surface area contributed by atoms with Crippen LogP contribution in [0.25, 0.3) is 0 Å². The normalized spacial score (nSPS) is 10.9. The highest BCUT2D eigenvalue weighted by atomic mass is 79.9. The predicted octanol–water partition coefficient (Wildman–Crippen LogP) is 4.13. The minimum Gasteiger partial charge on any atom is -0.470 e. The molecule has 1 amide bonds. The van der Waals surface area contributed by atoms with Crippen molar-refractivity contribution in [1.82, 2.24) is 24.5 Å². The molecule has 0 atom stereocenters. The van der Waals surface area contributed by atoms with Crippen molar-refractivity contribution in [3.05, 3.63) is 63.1 Å². The van der Waals surface area contributed by atoms with Crippen LogP contribution in [0.2, 0.25) is 5.02 Å². The molecule has 28 heavy (non-hydrogen) atoms. The molecule has 3 rings (SSSR count). The second-order valence-corrected chi connectivity index (χ2v) is 7.64. The van der Waals surface area contributed by atoms with Gasteiger partial charge in [0.1, 0.15) is 5.75 Å². The third-order valence-corrected chi connectivity index (χ3v) is 5.15. The van der Waals surface area contributed by atoms with Crippen LogP contribution in [0.3, 0.4) is 0 Å². The van der Waals surface area contributed by atoms with Crippen molar-refractivity contribution in [3.63, 3.8) is 0 Å². The molecule has 0 saturated heterocycles. The number of amides is 1. The molecule has 0 fully saturated rings. The molecule has 0 radical (unpaired) electrons. The zero-order valence-electron chi connectivity index (χ0n) is 15.9. The van der Waals surface area contributed by atoms with Crippen LogP contribution in [-0.2, 0) is 19.8 Å². The number of aryl methyl sites for hydroxylation is 1. The fourth-order valence-corrected chi connectivity index (χ4v) is 3.49. The van der Waals surface area contributed by atoms with E-state index in [1.165, 1.54) is 0 Å². The molecule has 3 aromatic rings. The fourth-order valence-electron chi connectivity index (χ4n) is 2.76. The summed E-state index contributed by atoms with van der Waals surface area (Å²) < 4.78 is 10.0. The van der Waals surface area contributed by atoms with Gasteiger partial charge in [0.2, 0.25) is 0 Å². The van der Waals surface area contributed by atoms with Crippen molar-refractivity contribution < 1.29 is 9.53 Å². The maximum Gasteiger partial charge on any atom is 0.274 e. The number of aromatic nitrogens is 4. The number of carbonyl (C=O) groups is 1. The van der Waals surface area contributed by atoms with E-state index < -0.39 is 0 Å². The Kier molecular flexibility index (Phi) is 6.41. The van der Waals surface area contributed by atoms with E-state index in [1.54, 1.807) is 47.2 Å². The van der Waals surface area contributed by atoms with E-state index >= 15 is 0 Å². The Labute approximate surface area is 177 Å². The number of benzene rings is 1. The van der Waals surface area contributed by atoms with Crippen LogP contribution < -0.4 is 4.74 Å². The zero-order chi connectivity index (χ0) is 20.3. The van der Waals surface area contributed by atoms with Gasteiger partial charge >= 0.3 is 0 Å². The molecule has 0 aliphatic rings. The van der Waals surface area contributed by atoms with E-state index in [1.807, 2.05) is 24.6 Å². The molecule has 9 heteroatoms. The topological polar surface area (TPSA) is 65.2 Å². The van der Waals surface area contributed by atoms with Gasteiger partial charge in [0.25, 0.3) is 5.91 Å². The molecular weight excluding hydrogens is 446 g/mol. The molecule has 0 N–H and O–H groups in total. The van der Waals surface area contributed by atoms with Gasteiger partial charge < -0.3 is 9.64 Å². The molecule has 0 saturated carbocycles. The van der Waals surface area contributed by atoms with Crippen LogP contribution in [0, 0.1) is 6.92 Å². The second kappa shape index (κ2) is 8.79. The smallest absolute Gasteiger partial charge is 0.274 e. The van der Waals surface area contributed by atoms with E-state index in [2.05, 4.69) is 26.1 Å². The third kappa shape index (κ3) is 4.56. The van der Waals surface area contributed by atoms with Gasteiger partial charge in [0, 0.05) is 42.1 Å². The molecule has 7 nitrogen and oxygen atoms in total. The predicted molar refractivity (Wildman–Crippen MR) is 110 cm³/mol. The summed E-state index contributed by atoms with van der Waals surface area (Å²) in [7, 11) is 1.75. The van der Waals surface area contributed by atoms with Crippen LogP contribution in [0.1, 0.15) is 28.7 Å². The number of halogens is 2. The summed E-state index contributed by atoms with van der Waals surface area (Å²) in [4.78, 5) is 14.3. The first-order chi connectivity index (χ1) is 13.4. The first-order valence-electron chi connectivity index (χ1n) is 8.77. The highest BCUT2D eigenvalue weighted by Crippen LogP contribution is 2.27. The van der Waals surface area contributed by atoms with Gasteiger partial charge in [-0.2, -0.15) is 10.2 Å². The van der Waals surface area contributed by atoms with Crippen molar-refractivity contribution in [3.8, 4) is 5.75 Å². The van der Waals surface area contributed by atoms with Crippen LogP contribution in [0.5, 0.6) is 5.75 Å². The Hall–Kier alpha value is -2.32. The summed E-state index contributed by atoms with van der Waals surface area (Å²) in [6.07, 6.45) is 3.51. The zero-order valence-corrected chi connectivity index (χ0v) is 18.2. The van der Waals surface area contributed by atoms with E-state index in [9.17, 15) is 4.79 Å². The monoisotopic (exact) mass is 465 g/mol. The highest BCUT2D eigenvalue weighted by molar-refractivity contribution is 9.10. The summed E-state index contributed by atoms with van der Waals surface area (Å²) in [5, 5.41) is 9.12. The van der Waals surface area contributed by atoms with Crippen LogP contribution in [0.4, 0.5) is 0 Å². The van der Waals surface area contributed by atoms with Crippen molar-refractivity contribution in [1.29, 1.82) is 0 Å². The Bertz CT molecular complexity index is 985. The first kappa shape index (κ1) is 20.4. The Morgan fingerprint density at radius 2 is 2.14 bits per heavy atom. The van der Waals surface area contributed by atoms with E-state index in [-0.39, 0.29) is 12.6 Å². The van der Waals surface area contributed by atoms with Gasteiger partial charge in [0.15, 0.2) is 12.4 Å². The quantitative estimate of drug-likeness (QED) is 0.525. The van der Waals surface area contributed by atoms with E-state index in [4.69, 9.17) is 16.3 Å². The van der Waals surface area contributed by atoms with Crippen molar-refractivity contribution >= 4 is 33.4 Å². The van der Waals surface area contributed by atoms with Gasteiger partial charge in [-0.1, -0.05) is 27.5 Å². The number of nitrogens with zero attached hydrogens (tertiary/aromatic N) is 5. The lowest BCUT2D eigenvalue weighted by atomic mass is 10.2. The Morgan fingerprint density at radius 1 is 1.36 bits per heavy atom. The van der Waals surface area contributed by atoms with Crippen molar-refractivity contribution in [2.45, 2.75) is 33.7 Å². The maximum absolute atomic E-state index is 12.7. The Morgan fingerprint density at radius 3 is 2.82 bits per heavy atom. The molecule has 0 bridgehead atoms. The molecular formula is C19H21BrClN5O2. The molecule has 0 unspecified atom stereocenters. The number of carbonyl (C=O) groups excluding carboxylic acids is 1. The van der Waals surface area contributed by atoms with E-state index in [0.717, 1.165) is 22.3 Å². The lowest BCUT2D eigenvalue weighted by Gasteiger charge is -2.15. The highest BCUT2D eigenvalue weighted by Gasteiger charge is 2.17. The molecule has 0 aliphatic heterocycles. The summed E-state index contributed by atoms with van der Waals surface area (Å²) >= 11 is 9.50. The van der Waals surface area contributed by atoms with Crippen LogP contribution in [0.15, 0.2) is 41.1 Å². The van der Waals surface area contributed by atoms with Gasteiger partial charge in [-0.3, -0.25) is 9.48 Å². The molecule has 148 valence electrons. The summed E-state index contributed by atoms with van der Waals surface area (Å²) in [5.74, 6) is 0.387. The van der Waals surface area contributed by atoms with E-state index in [0.29, 0.717) is 23.0 Å². The minimum absolute atomic E-state index is 0.153. The molecule has 1 aromatic carbocycles. The van der Waals surface area contributed by atoms with Crippen LogP contribution >= 0.6 is 27.5 Å². The second-order valence-electron chi connectivity index (χ2n) is 6.32. The van der Waals surface area contributed by atoms with Crippen molar-refractivity contribution in [2.75, 3.05) is 7.05 Å².